The molecule has 1 fully saturated rings. The fourth-order valence-corrected chi connectivity index (χ4v) is 2.99. The molecule has 0 unspecified atom stereocenters. The van der Waals surface area contributed by atoms with Gasteiger partial charge in [-0.25, -0.2) is 9.67 Å². The second kappa shape index (κ2) is 7.49. The molecule has 9 heteroatoms. The monoisotopic (exact) mass is 365 g/mol. The van der Waals surface area contributed by atoms with Gasteiger partial charge in [-0.15, -0.1) is 0 Å². The van der Waals surface area contributed by atoms with Crippen molar-refractivity contribution in [1.82, 2.24) is 19.7 Å². The van der Waals surface area contributed by atoms with Gasteiger partial charge >= 0.3 is 0 Å². The topological polar surface area (TPSA) is 104 Å². The molecule has 0 radical (unpaired) electrons. The van der Waals surface area contributed by atoms with Crippen LogP contribution in [-0.4, -0.2) is 67.6 Å². The molecular formula is C16H20ClN5O3. The van der Waals surface area contributed by atoms with E-state index >= 15 is 0 Å². The Labute approximate surface area is 150 Å². The van der Waals surface area contributed by atoms with Gasteiger partial charge in [-0.05, 0) is 31.0 Å². The summed E-state index contributed by atoms with van der Waals surface area (Å²) in [5.41, 5.74) is 0.190. The summed E-state index contributed by atoms with van der Waals surface area (Å²) >= 11 is 6.04. The van der Waals surface area contributed by atoms with Gasteiger partial charge in [-0.3, -0.25) is 9.69 Å². The minimum absolute atomic E-state index is 0.182. The maximum atomic E-state index is 12.4. The number of aliphatic hydroxyl groups is 2. The van der Waals surface area contributed by atoms with E-state index in [4.69, 9.17) is 11.6 Å². The highest BCUT2D eigenvalue weighted by Crippen LogP contribution is 2.25. The summed E-state index contributed by atoms with van der Waals surface area (Å²) in [6, 6.07) is 5.14. The highest BCUT2D eigenvalue weighted by molar-refractivity contribution is 6.31. The van der Waals surface area contributed by atoms with E-state index < -0.39 is 5.60 Å². The molecule has 1 aliphatic rings. The zero-order chi connectivity index (χ0) is 17.9. The van der Waals surface area contributed by atoms with Gasteiger partial charge in [0, 0.05) is 18.1 Å². The third-order valence-electron chi connectivity index (χ3n) is 4.35. The summed E-state index contributed by atoms with van der Waals surface area (Å²) in [6.07, 6.45) is 3.84. The number of carbonyl (C=O) groups excluding carboxylic acids is 1. The molecule has 1 saturated heterocycles. The average Bonchev–Trinajstić information content (AvgIpc) is 3.11. The van der Waals surface area contributed by atoms with Crippen LogP contribution >= 0.6 is 11.6 Å². The SMILES string of the molecule is O=C(CN1CCC(O)(CO)CC1)Nc1cc(Cl)ccc1-n1cncn1. The fourth-order valence-electron chi connectivity index (χ4n) is 2.82. The highest BCUT2D eigenvalue weighted by Gasteiger charge is 2.32. The van der Waals surface area contributed by atoms with Gasteiger partial charge in [0.2, 0.25) is 5.91 Å². The predicted molar refractivity (Wildman–Crippen MR) is 92.7 cm³/mol. The van der Waals surface area contributed by atoms with Crippen molar-refractivity contribution in [1.29, 1.82) is 0 Å². The number of anilines is 1. The molecule has 0 bridgehead atoms. The second-order valence-corrected chi connectivity index (χ2v) is 6.64. The number of aliphatic hydroxyl groups excluding tert-OH is 1. The van der Waals surface area contributed by atoms with E-state index in [0.717, 1.165) is 0 Å². The van der Waals surface area contributed by atoms with Crippen molar-refractivity contribution in [3.05, 3.63) is 35.9 Å². The standard InChI is InChI=1S/C16H20ClN5O3/c17-12-1-2-14(22-11-18-10-19-22)13(7-12)20-15(24)8-21-5-3-16(25,9-23)4-6-21/h1-2,7,10-11,23,25H,3-6,8-9H2,(H,20,24). The van der Waals surface area contributed by atoms with E-state index in [2.05, 4.69) is 15.4 Å². The third-order valence-corrected chi connectivity index (χ3v) is 4.58. The first-order valence-corrected chi connectivity index (χ1v) is 8.37. The van der Waals surface area contributed by atoms with Crippen molar-refractivity contribution in [3.63, 3.8) is 0 Å². The molecule has 8 nitrogen and oxygen atoms in total. The lowest BCUT2D eigenvalue weighted by atomic mass is 9.92. The van der Waals surface area contributed by atoms with Crippen LogP contribution in [0.4, 0.5) is 5.69 Å². The number of nitrogens with one attached hydrogen (secondary N) is 1. The molecule has 0 saturated carbocycles. The Balaban J connectivity index is 1.65. The van der Waals surface area contributed by atoms with Crippen molar-refractivity contribution >= 4 is 23.2 Å². The molecule has 0 aliphatic carbocycles. The number of hydrogen-bond acceptors (Lipinski definition) is 6. The van der Waals surface area contributed by atoms with Crippen LogP contribution in [0.1, 0.15) is 12.8 Å². The molecule has 1 aromatic heterocycles. The van der Waals surface area contributed by atoms with Crippen LogP contribution in [0.15, 0.2) is 30.9 Å². The third kappa shape index (κ3) is 4.35. The zero-order valence-corrected chi connectivity index (χ0v) is 14.4. The van der Waals surface area contributed by atoms with Gasteiger partial charge in [-0.2, -0.15) is 5.10 Å². The Morgan fingerprint density at radius 1 is 1.36 bits per heavy atom. The number of halogens is 1. The van der Waals surface area contributed by atoms with Gasteiger partial charge < -0.3 is 15.5 Å². The van der Waals surface area contributed by atoms with Crippen molar-refractivity contribution in [3.8, 4) is 5.69 Å². The minimum atomic E-state index is -1.03. The smallest absolute Gasteiger partial charge is 0.238 e. The Hall–Kier alpha value is -2.00. The number of hydrogen-bond donors (Lipinski definition) is 3. The predicted octanol–water partition coefficient (Wildman–Crippen LogP) is 0.678. The number of benzene rings is 1. The van der Waals surface area contributed by atoms with Gasteiger partial charge in [0.05, 0.1) is 30.1 Å². The van der Waals surface area contributed by atoms with E-state index in [1.807, 2.05) is 4.90 Å². The second-order valence-electron chi connectivity index (χ2n) is 6.21. The molecule has 3 N–H and O–H groups in total. The Bertz CT molecular complexity index is 729. The number of carbonyl (C=O) groups is 1. The van der Waals surface area contributed by atoms with E-state index in [1.54, 1.807) is 29.2 Å². The van der Waals surface area contributed by atoms with Gasteiger partial charge in [0.1, 0.15) is 12.7 Å². The summed E-state index contributed by atoms with van der Waals surface area (Å²) in [7, 11) is 0. The van der Waals surface area contributed by atoms with Crippen LogP contribution < -0.4 is 5.32 Å². The maximum absolute atomic E-state index is 12.4. The number of amides is 1. The highest BCUT2D eigenvalue weighted by atomic mass is 35.5. The van der Waals surface area contributed by atoms with Crippen LogP contribution in [0.3, 0.4) is 0 Å². The molecule has 0 spiro atoms. The molecule has 134 valence electrons. The van der Waals surface area contributed by atoms with Gasteiger partial charge in [0.25, 0.3) is 0 Å². The lowest BCUT2D eigenvalue weighted by Crippen LogP contribution is -2.48. The van der Waals surface area contributed by atoms with E-state index in [9.17, 15) is 15.0 Å². The van der Waals surface area contributed by atoms with Crippen LogP contribution in [0, 0.1) is 0 Å². The molecule has 0 atom stereocenters. The normalized spacial score (nSPS) is 17.4. The molecule has 1 amide bonds. The molecule has 25 heavy (non-hydrogen) atoms. The van der Waals surface area contributed by atoms with Crippen molar-refractivity contribution in [2.45, 2.75) is 18.4 Å². The molecule has 1 aromatic carbocycles. The molecular weight excluding hydrogens is 346 g/mol. The largest absolute Gasteiger partial charge is 0.393 e. The number of piperidine rings is 1. The Kier molecular flexibility index (Phi) is 5.33. The lowest BCUT2D eigenvalue weighted by Gasteiger charge is -2.36. The fraction of sp³-hybridized carbons (Fsp3) is 0.438. The number of aromatic nitrogens is 3. The quantitative estimate of drug-likeness (QED) is 0.720. The lowest BCUT2D eigenvalue weighted by molar-refractivity contribution is -0.119. The maximum Gasteiger partial charge on any atom is 0.238 e. The summed E-state index contributed by atoms with van der Waals surface area (Å²) < 4.78 is 1.55. The molecule has 3 rings (SSSR count). The summed E-state index contributed by atoms with van der Waals surface area (Å²) in [5, 5.41) is 26.7. The van der Waals surface area contributed by atoms with Crippen LogP contribution in [-0.2, 0) is 4.79 Å². The summed E-state index contributed by atoms with van der Waals surface area (Å²) in [5.74, 6) is -0.182. The van der Waals surface area contributed by atoms with Gasteiger partial charge in [-0.1, -0.05) is 11.6 Å². The first-order chi connectivity index (χ1) is 12.0. The molecule has 2 aromatic rings. The molecule has 2 heterocycles. The van der Waals surface area contributed by atoms with Crippen LogP contribution in [0.5, 0.6) is 0 Å². The molecule has 1 aliphatic heterocycles. The van der Waals surface area contributed by atoms with E-state index in [-0.39, 0.29) is 19.1 Å². The first-order valence-electron chi connectivity index (χ1n) is 7.99. The van der Waals surface area contributed by atoms with Gasteiger partial charge in [0.15, 0.2) is 0 Å². The Morgan fingerprint density at radius 2 is 2.12 bits per heavy atom. The van der Waals surface area contributed by atoms with Crippen molar-refractivity contribution in [2.24, 2.45) is 0 Å². The van der Waals surface area contributed by atoms with Crippen LogP contribution in [0.2, 0.25) is 5.02 Å². The number of rotatable bonds is 5. The zero-order valence-electron chi connectivity index (χ0n) is 13.6. The average molecular weight is 366 g/mol. The number of likely N-dealkylation sites (tertiary alicyclic amines) is 1. The van der Waals surface area contributed by atoms with E-state index in [1.165, 1.54) is 6.33 Å². The summed E-state index contributed by atoms with van der Waals surface area (Å²) in [6.45, 7) is 1.05. The van der Waals surface area contributed by atoms with Crippen molar-refractivity contribution < 1.29 is 15.0 Å². The minimum Gasteiger partial charge on any atom is -0.393 e. The summed E-state index contributed by atoms with van der Waals surface area (Å²) in [4.78, 5) is 18.2. The Morgan fingerprint density at radius 3 is 2.76 bits per heavy atom. The van der Waals surface area contributed by atoms with E-state index in [0.29, 0.717) is 42.3 Å². The first kappa shape index (κ1) is 17.8. The number of nitrogens with zero attached hydrogens (tertiary/aromatic N) is 4. The van der Waals surface area contributed by atoms with Crippen molar-refractivity contribution in [2.75, 3.05) is 31.6 Å². The van der Waals surface area contributed by atoms with Crippen LogP contribution in [0.25, 0.3) is 5.69 Å².